The van der Waals surface area contributed by atoms with Crippen molar-refractivity contribution in [2.24, 2.45) is 0 Å². The highest BCUT2D eigenvalue weighted by molar-refractivity contribution is 5.47. The minimum absolute atomic E-state index is 0.108. The predicted molar refractivity (Wildman–Crippen MR) is 111 cm³/mol. The van der Waals surface area contributed by atoms with Crippen molar-refractivity contribution in [3.8, 4) is 11.5 Å². The summed E-state index contributed by atoms with van der Waals surface area (Å²) in [6, 6.07) is 21.7. The third kappa shape index (κ3) is 5.79. The molecule has 0 aliphatic carbocycles. The third-order valence-corrected chi connectivity index (χ3v) is 4.53. The molecule has 1 unspecified atom stereocenters. The summed E-state index contributed by atoms with van der Waals surface area (Å²) in [7, 11) is 0. The Hall–Kier alpha value is -2.89. The van der Waals surface area contributed by atoms with Gasteiger partial charge in [-0.2, -0.15) is 0 Å². The van der Waals surface area contributed by atoms with Gasteiger partial charge in [0.15, 0.2) is 11.5 Å². The van der Waals surface area contributed by atoms with E-state index in [1.165, 1.54) is 6.07 Å². The molecule has 0 radical (unpaired) electrons. The number of ether oxygens (including phenoxy) is 2. The fourth-order valence-electron chi connectivity index (χ4n) is 3.04. The van der Waals surface area contributed by atoms with Gasteiger partial charge in [0.25, 0.3) is 0 Å². The van der Waals surface area contributed by atoms with Gasteiger partial charge in [0.1, 0.15) is 12.4 Å². The van der Waals surface area contributed by atoms with Crippen LogP contribution in [0.4, 0.5) is 4.39 Å². The maximum Gasteiger partial charge on any atom is 0.166 e. The van der Waals surface area contributed by atoms with Crippen molar-refractivity contribution >= 4 is 0 Å². The molecule has 2 N–H and O–H groups in total. The number of rotatable bonds is 10. The lowest BCUT2D eigenvalue weighted by Gasteiger charge is -2.18. The van der Waals surface area contributed by atoms with E-state index in [1.807, 2.05) is 55.5 Å². The first-order valence-electron chi connectivity index (χ1n) is 9.73. The van der Waals surface area contributed by atoms with E-state index < -0.39 is 6.10 Å². The highest BCUT2D eigenvalue weighted by Crippen LogP contribution is 2.32. The van der Waals surface area contributed by atoms with Gasteiger partial charge in [-0.25, -0.2) is 4.39 Å². The van der Waals surface area contributed by atoms with Gasteiger partial charge in [-0.05, 0) is 24.6 Å². The molecule has 0 aliphatic rings. The lowest BCUT2D eigenvalue weighted by Crippen LogP contribution is -2.21. The normalized spacial score (nSPS) is 11.8. The average molecular weight is 395 g/mol. The standard InChI is InChI=1S/C24H26FNO3/c1-2-28-23-14-8-12-19(15-26-16-22(27)18-9-4-3-5-10-18)24(23)29-17-20-11-6-7-13-21(20)25/h3-14,22,26-27H,2,15-17H2,1H3. The summed E-state index contributed by atoms with van der Waals surface area (Å²) in [6.45, 7) is 3.39. The predicted octanol–water partition coefficient (Wildman–Crippen LogP) is 4.63. The summed E-state index contributed by atoms with van der Waals surface area (Å²) in [4.78, 5) is 0. The highest BCUT2D eigenvalue weighted by Gasteiger charge is 2.13. The molecule has 0 aromatic heterocycles. The number of aliphatic hydroxyl groups excluding tert-OH is 1. The number of nitrogens with one attached hydrogen (secondary N) is 1. The second-order valence-corrected chi connectivity index (χ2v) is 6.61. The monoisotopic (exact) mass is 395 g/mol. The highest BCUT2D eigenvalue weighted by atomic mass is 19.1. The largest absolute Gasteiger partial charge is 0.490 e. The van der Waals surface area contributed by atoms with E-state index in [9.17, 15) is 9.50 Å². The van der Waals surface area contributed by atoms with Gasteiger partial charge in [0.05, 0.1) is 12.7 Å². The molecule has 3 aromatic rings. The Morgan fingerprint density at radius 1 is 0.897 bits per heavy atom. The van der Waals surface area contributed by atoms with Crippen molar-refractivity contribution in [2.45, 2.75) is 26.2 Å². The van der Waals surface area contributed by atoms with Gasteiger partial charge >= 0.3 is 0 Å². The molecule has 1 atom stereocenters. The molecule has 0 saturated carbocycles. The van der Waals surface area contributed by atoms with Crippen LogP contribution >= 0.6 is 0 Å². The first-order valence-corrected chi connectivity index (χ1v) is 9.73. The fourth-order valence-corrected chi connectivity index (χ4v) is 3.04. The van der Waals surface area contributed by atoms with Crippen molar-refractivity contribution in [3.05, 3.63) is 95.3 Å². The van der Waals surface area contributed by atoms with Crippen molar-refractivity contribution in [3.63, 3.8) is 0 Å². The molecular formula is C24H26FNO3. The SMILES string of the molecule is CCOc1cccc(CNCC(O)c2ccccc2)c1OCc1ccccc1F. The minimum atomic E-state index is -0.603. The Bertz CT molecular complexity index is 902. The lowest BCUT2D eigenvalue weighted by atomic mass is 10.1. The van der Waals surface area contributed by atoms with Gasteiger partial charge in [0, 0.05) is 24.2 Å². The molecule has 5 heteroatoms. The molecular weight excluding hydrogens is 369 g/mol. The number of aliphatic hydroxyl groups is 1. The van der Waals surface area contributed by atoms with Crippen LogP contribution in [0.3, 0.4) is 0 Å². The van der Waals surface area contributed by atoms with Crippen LogP contribution in [-0.4, -0.2) is 18.3 Å². The number of benzene rings is 3. The van der Waals surface area contributed by atoms with Gasteiger partial charge in [-0.3, -0.25) is 0 Å². The average Bonchev–Trinajstić information content (AvgIpc) is 2.75. The summed E-state index contributed by atoms with van der Waals surface area (Å²) >= 11 is 0. The number of para-hydroxylation sites is 1. The van der Waals surface area contributed by atoms with E-state index in [2.05, 4.69) is 5.32 Å². The zero-order chi connectivity index (χ0) is 20.5. The lowest BCUT2D eigenvalue weighted by molar-refractivity contribution is 0.174. The molecule has 0 spiro atoms. The van der Waals surface area contributed by atoms with Crippen molar-refractivity contribution in [1.29, 1.82) is 0 Å². The number of hydrogen-bond donors (Lipinski definition) is 2. The first kappa shape index (κ1) is 20.8. The topological polar surface area (TPSA) is 50.7 Å². The molecule has 4 nitrogen and oxygen atoms in total. The molecule has 0 saturated heterocycles. The Morgan fingerprint density at radius 3 is 2.38 bits per heavy atom. The summed E-state index contributed by atoms with van der Waals surface area (Å²) in [5.74, 6) is 0.901. The van der Waals surface area contributed by atoms with Crippen LogP contribution in [0.1, 0.15) is 29.7 Å². The van der Waals surface area contributed by atoms with Crippen molar-refractivity contribution in [1.82, 2.24) is 5.32 Å². The Labute approximate surface area is 170 Å². The molecule has 152 valence electrons. The molecule has 3 rings (SSSR count). The van der Waals surface area contributed by atoms with Gasteiger partial charge in [-0.15, -0.1) is 0 Å². The Balaban J connectivity index is 1.68. The van der Waals surface area contributed by atoms with Crippen LogP contribution in [0.5, 0.6) is 11.5 Å². The summed E-state index contributed by atoms with van der Waals surface area (Å²) in [6.07, 6.45) is -0.603. The number of hydrogen-bond acceptors (Lipinski definition) is 4. The van der Waals surface area contributed by atoms with E-state index in [0.29, 0.717) is 36.8 Å². The zero-order valence-electron chi connectivity index (χ0n) is 16.5. The van der Waals surface area contributed by atoms with Crippen LogP contribution in [-0.2, 0) is 13.2 Å². The first-order chi connectivity index (χ1) is 14.2. The Kier molecular flexibility index (Phi) is 7.61. The molecule has 0 heterocycles. The zero-order valence-corrected chi connectivity index (χ0v) is 16.5. The summed E-state index contributed by atoms with van der Waals surface area (Å²) < 4.78 is 25.6. The summed E-state index contributed by atoms with van der Waals surface area (Å²) in [5, 5.41) is 13.6. The van der Waals surface area contributed by atoms with Crippen LogP contribution in [0.2, 0.25) is 0 Å². The van der Waals surface area contributed by atoms with Crippen molar-refractivity contribution in [2.75, 3.05) is 13.2 Å². The minimum Gasteiger partial charge on any atom is -0.490 e. The molecule has 0 bridgehead atoms. The number of halogens is 1. The quantitative estimate of drug-likeness (QED) is 0.526. The Morgan fingerprint density at radius 2 is 1.62 bits per heavy atom. The maximum absolute atomic E-state index is 13.9. The molecule has 0 fully saturated rings. The van der Waals surface area contributed by atoms with Gasteiger partial charge < -0.3 is 19.9 Å². The van der Waals surface area contributed by atoms with E-state index in [0.717, 1.165) is 11.1 Å². The maximum atomic E-state index is 13.9. The second kappa shape index (κ2) is 10.6. The van der Waals surface area contributed by atoms with E-state index >= 15 is 0 Å². The smallest absolute Gasteiger partial charge is 0.166 e. The van der Waals surface area contributed by atoms with Gasteiger partial charge in [-0.1, -0.05) is 60.7 Å². The molecule has 0 amide bonds. The van der Waals surface area contributed by atoms with Crippen LogP contribution in [0.25, 0.3) is 0 Å². The van der Waals surface area contributed by atoms with Crippen LogP contribution in [0, 0.1) is 5.82 Å². The third-order valence-electron chi connectivity index (χ3n) is 4.53. The molecule has 0 aliphatic heterocycles. The molecule has 3 aromatic carbocycles. The van der Waals surface area contributed by atoms with Gasteiger partial charge in [0.2, 0.25) is 0 Å². The van der Waals surface area contributed by atoms with Crippen LogP contribution < -0.4 is 14.8 Å². The van der Waals surface area contributed by atoms with E-state index in [-0.39, 0.29) is 12.4 Å². The van der Waals surface area contributed by atoms with E-state index in [4.69, 9.17) is 9.47 Å². The van der Waals surface area contributed by atoms with Crippen molar-refractivity contribution < 1.29 is 19.0 Å². The fraction of sp³-hybridized carbons (Fsp3) is 0.250. The van der Waals surface area contributed by atoms with Crippen LogP contribution in [0.15, 0.2) is 72.8 Å². The molecule has 29 heavy (non-hydrogen) atoms. The second-order valence-electron chi connectivity index (χ2n) is 6.61. The van der Waals surface area contributed by atoms with E-state index in [1.54, 1.807) is 18.2 Å². The summed E-state index contributed by atoms with van der Waals surface area (Å²) in [5.41, 5.74) is 2.23.